The number of allylic oxidation sites excluding steroid dienone is 6. The number of aromatic nitrogens is 3. The van der Waals surface area contributed by atoms with Gasteiger partial charge in [-0.3, -0.25) is 4.98 Å². The van der Waals surface area contributed by atoms with E-state index >= 15 is 0 Å². The smallest absolute Gasteiger partial charge is 0.100 e. The van der Waals surface area contributed by atoms with Crippen molar-refractivity contribution >= 4 is 67.3 Å². The summed E-state index contributed by atoms with van der Waals surface area (Å²) < 4.78 is 5.15. The highest BCUT2D eigenvalue weighted by Crippen LogP contribution is 2.50. The van der Waals surface area contributed by atoms with Crippen LogP contribution in [0.5, 0.6) is 0 Å². The summed E-state index contributed by atoms with van der Waals surface area (Å²) in [6, 6.07) is 17.6. The summed E-state index contributed by atoms with van der Waals surface area (Å²) in [5.41, 5.74) is 8.92. The van der Waals surface area contributed by atoms with Crippen molar-refractivity contribution in [3.63, 3.8) is 0 Å². The Morgan fingerprint density at radius 2 is 1.18 bits per heavy atom. The molecule has 0 bridgehead atoms. The predicted molar refractivity (Wildman–Crippen MR) is 164 cm³/mol. The van der Waals surface area contributed by atoms with E-state index in [1.807, 2.05) is 23.5 Å². The van der Waals surface area contributed by atoms with Gasteiger partial charge in [-0.1, -0.05) is 85.0 Å². The molecular weight excluding hydrogens is 503 g/mol. The highest BCUT2D eigenvalue weighted by atomic mass is 32.2. The number of thioether (sulfide) groups is 2. The molecule has 5 heterocycles. The fourth-order valence-corrected chi connectivity index (χ4v) is 9.27. The van der Waals surface area contributed by atoms with E-state index in [0.29, 0.717) is 10.5 Å². The minimum Gasteiger partial charge on any atom is -0.322 e. The molecule has 0 N–H and O–H groups in total. The summed E-state index contributed by atoms with van der Waals surface area (Å²) in [6.07, 6.45) is 24.8. The summed E-state index contributed by atoms with van der Waals surface area (Å²) in [5, 5.41) is 4.93. The molecule has 5 aromatic rings. The molecule has 0 saturated carbocycles. The van der Waals surface area contributed by atoms with Gasteiger partial charge in [-0.05, 0) is 35.4 Å². The molecule has 0 amide bonds. The Bertz CT molecular complexity index is 1870. The molecule has 4 unspecified atom stereocenters. The van der Waals surface area contributed by atoms with Crippen LogP contribution in [0, 0.1) is 0 Å². The van der Waals surface area contributed by atoms with E-state index in [0.717, 1.165) is 5.52 Å². The van der Waals surface area contributed by atoms with E-state index in [4.69, 9.17) is 4.98 Å². The highest BCUT2D eigenvalue weighted by Gasteiger charge is 2.33. The summed E-state index contributed by atoms with van der Waals surface area (Å²) in [6.45, 7) is 0. The van der Waals surface area contributed by atoms with Gasteiger partial charge < -0.3 is 9.13 Å². The third-order valence-corrected chi connectivity index (χ3v) is 10.9. The van der Waals surface area contributed by atoms with Crippen molar-refractivity contribution in [2.24, 2.45) is 0 Å². The van der Waals surface area contributed by atoms with Crippen molar-refractivity contribution in [2.75, 3.05) is 0 Å². The molecule has 0 radical (unpaired) electrons. The number of fused-ring (bicyclic) bond motifs is 9. The first-order chi connectivity index (χ1) is 18.8. The maximum Gasteiger partial charge on any atom is 0.100 e. The van der Waals surface area contributed by atoms with E-state index in [1.54, 1.807) is 0 Å². The van der Waals surface area contributed by atoms with Crippen LogP contribution in [0.2, 0.25) is 0 Å². The summed E-state index contributed by atoms with van der Waals surface area (Å²) >= 11 is 4.03. The second-order valence-electron chi connectivity index (χ2n) is 10.2. The van der Waals surface area contributed by atoms with E-state index < -0.39 is 0 Å². The number of nitrogens with zero attached hydrogens (tertiary/aromatic N) is 3. The van der Waals surface area contributed by atoms with Crippen LogP contribution in [-0.2, 0) is 0 Å². The highest BCUT2D eigenvalue weighted by molar-refractivity contribution is 8.01. The summed E-state index contributed by atoms with van der Waals surface area (Å²) in [4.78, 5) is 5.15. The molecule has 0 saturated heterocycles. The van der Waals surface area contributed by atoms with E-state index in [9.17, 15) is 0 Å². The topological polar surface area (TPSA) is 22.8 Å². The average Bonchev–Trinajstić information content (AvgIpc) is 3.72. The second-order valence-corrected chi connectivity index (χ2v) is 12.7. The van der Waals surface area contributed by atoms with E-state index in [-0.39, 0.29) is 10.7 Å². The number of benzene rings is 2. The van der Waals surface area contributed by atoms with Gasteiger partial charge in [-0.25, -0.2) is 0 Å². The van der Waals surface area contributed by atoms with Gasteiger partial charge in [-0.15, -0.1) is 23.5 Å². The maximum atomic E-state index is 5.15. The SMILES string of the molecule is C1=CC2=CC(n3c4ccccc4c4cnc5c6ccccc6n(C6C=C7C=CC=CC7S6)c5c43)SC2C=C1. The van der Waals surface area contributed by atoms with Crippen molar-refractivity contribution in [3.8, 4) is 0 Å². The molecule has 2 aliphatic carbocycles. The zero-order valence-electron chi connectivity index (χ0n) is 20.4. The minimum absolute atomic E-state index is 0.201. The maximum absolute atomic E-state index is 5.15. The Kier molecular flexibility index (Phi) is 4.43. The third kappa shape index (κ3) is 2.86. The Hall–Kier alpha value is -3.67. The Balaban J connectivity index is 1.41. The number of hydrogen-bond acceptors (Lipinski definition) is 3. The molecular formula is C33H23N3S2. The van der Waals surface area contributed by atoms with Crippen molar-refractivity contribution in [2.45, 2.75) is 21.2 Å². The van der Waals surface area contributed by atoms with Crippen LogP contribution in [0.3, 0.4) is 0 Å². The molecule has 0 fully saturated rings. The molecule has 2 aliphatic heterocycles. The van der Waals surface area contributed by atoms with Crippen LogP contribution in [0.1, 0.15) is 10.7 Å². The Morgan fingerprint density at radius 1 is 0.605 bits per heavy atom. The zero-order valence-corrected chi connectivity index (χ0v) is 22.1. The molecule has 182 valence electrons. The molecule has 3 nitrogen and oxygen atoms in total. The lowest BCUT2D eigenvalue weighted by atomic mass is 10.1. The van der Waals surface area contributed by atoms with Crippen LogP contribution in [0.15, 0.2) is 127 Å². The van der Waals surface area contributed by atoms with Gasteiger partial charge in [0.05, 0.1) is 38.1 Å². The first-order valence-electron chi connectivity index (χ1n) is 13.1. The van der Waals surface area contributed by atoms with Crippen molar-refractivity contribution in [1.82, 2.24) is 14.1 Å². The number of hydrogen-bond donors (Lipinski definition) is 0. The molecule has 3 aromatic heterocycles. The summed E-state index contributed by atoms with van der Waals surface area (Å²) in [5.74, 6) is 0. The first kappa shape index (κ1) is 21.3. The molecule has 38 heavy (non-hydrogen) atoms. The van der Waals surface area contributed by atoms with E-state index in [2.05, 4.69) is 125 Å². The monoisotopic (exact) mass is 525 g/mol. The van der Waals surface area contributed by atoms with Crippen molar-refractivity contribution in [3.05, 3.63) is 127 Å². The third-order valence-electron chi connectivity index (χ3n) is 8.16. The molecule has 5 heteroatoms. The minimum atomic E-state index is 0.201. The van der Waals surface area contributed by atoms with Crippen LogP contribution >= 0.6 is 23.5 Å². The van der Waals surface area contributed by atoms with Crippen molar-refractivity contribution < 1.29 is 0 Å². The van der Waals surface area contributed by atoms with Crippen LogP contribution in [0.25, 0.3) is 43.7 Å². The molecule has 0 spiro atoms. The van der Waals surface area contributed by atoms with Crippen molar-refractivity contribution in [1.29, 1.82) is 0 Å². The van der Waals surface area contributed by atoms with Gasteiger partial charge in [0.25, 0.3) is 0 Å². The van der Waals surface area contributed by atoms with Crippen LogP contribution in [0.4, 0.5) is 0 Å². The number of para-hydroxylation sites is 2. The lowest BCUT2D eigenvalue weighted by molar-refractivity contribution is 0.857. The standard InChI is InChI=1S/C33H23N3S2/c1-7-15-27-20(9-1)17-29(37-27)35-25-13-5-3-11-22(25)24-19-34-31-23-12-4-6-14-26(23)36(33(31)32(24)35)30-18-21-10-2-8-16-28(21)38-30/h1-19,27-30H. The van der Waals surface area contributed by atoms with Gasteiger partial charge >= 0.3 is 0 Å². The average molecular weight is 526 g/mol. The number of rotatable bonds is 2. The fourth-order valence-electron chi connectivity index (χ4n) is 6.53. The molecule has 9 rings (SSSR count). The molecule has 2 aromatic carbocycles. The molecule has 4 atom stereocenters. The lowest BCUT2D eigenvalue weighted by Crippen LogP contribution is -2.06. The zero-order chi connectivity index (χ0) is 24.8. The summed E-state index contributed by atoms with van der Waals surface area (Å²) in [7, 11) is 0. The Labute approximate surface area is 228 Å². The van der Waals surface area contributed by atoms with Gasteiger partial charge in [0.1, 0.15) is 10.7 Å². The van der Waals surface area contributed by atoms with Crippen LogP contribution < -0.4 is 0 Å². The van der Waals surface area contributed by atoms with E-state index in [1.165, 1.54) is 49.4 Å². The van der Waals surface area contributed by atoms with Crippen LogP contribution in [-0.4, -0.2) is 24.6 Å². The lowest BCUT2D eigenvalue weighted by Gasteiger charge is -2.19. The van der Waals surface area contributed by atoms with Gasteiger partial charge in [0.15, 0.2) is 0 Å². The van der Waals surface area contributed by atoms with Gasteiger partial charge in [0, 0.05) is 22.4 Å². The second kappa shape index (κ2) is 7.92. The largest absolute Gasteiger partial charge is 0.322 e. The van der Waals surface area contributed by atoms with Gasteiger partial charge in [-0.2, -0.15) is 0 Å². The predicted octanol–water partition coefficient (Wildman–Crippen LogP) is 8.63. The number of pyridine rings is 1. The Morgan fingerprint density at radius 3 is 1.84 bits per heavy atom. The normalized spacial score (nSPS) is 25.6. The molecule has 4 aliphatic rings. The first-order valence-corrected chi connectivity index (χ1v) is 15.0. The van der Waals surface area contributed by atoms with Gasteiger partial charge in [0.2, 0.25) is 0 Å². The fraction of sp³-hybridized carbons (Fsp3) is 0.121. The quantitative estimate of drug-likeness (QED) is 0.230.